The van der Waals surface area contributed by atoms with Gasteiger partial charge in [0.25, 0.3) is 0 Å². The number of rotatable bonds is 6. The van der Waals surface area contributed by atoms with Gasteiger partial charge in [0.15, 0.2) is 0 Å². The molecule has 2 atom stereocenters. The van der Waals surface area contributed by atoms with Crippen molar-refractivity contribution < 1.29 is 0 Å². The highest BCUT2D eigenvalue weighted by atomic mass is 79.9. The summed E-state index contributed by atoms with van der Waals surface area (Å²) in [5.74, 6) is 0. The molecule has 0 saturated carbocycles. The van der Waals surface area contributed by atoms with E-state index in [9.17, 15) is 0 Å². The Balaban J connectivity index is 3.38. The lowest BCUT2D eigenvalue weighted by atomic mass is 10.1. The molecule has 0 spiro atoms. The maximum atomic E-state index is 3.63. The number of allylic oxidation sites excluding steroid dienone is 2. The monoisotopic (exact) mass is 296 g/mol. The van der Waals surface area contributed by atoms with Gasteiger partial charge in [-0.3, -0.25) is 0 Å². The van der Waals surface area contributed by atoms with Crippen molar-refractivity contribution in [2.24, 2.45) is 0 Å². The zero-order valence-electron chi connectivity index (χ0n) is 7.89. The average molecular weight is 298 g/mol. The lowest BCUT2D eigenvalue weighted by Gasteiger charge is -2.03. The molecular formula is C10H18Br2. The largest absolute Gasteiger partial charge is 0.0848 e. The Morgan fingerprint density at radius 1 is 1.17 bits per heavy atom. The molecule has 0 heterocycles. The summed E-state index contributed by atoms with van der Waals surface area (Å²) in [7, 11) is 0. The highest BCUT2D eigenvalue weighted by molar-refractivity contribution is 9.10. The summed E-state index contributed by atoms with van der Waals surface area (Å²) in [6.45, 7) is 4.36. The molecule has 12 heavy (non-hydrogen) atoms. The highest BCUT2D eigenvalue weighted by Gasteiger charge is 1.98. The van der Waals surface area contributed by atoms with E-state index >= 15 is 0 Å². The van der Waals surface area contributed by atoms with Gasteiger partial charge in [0.05, 0.1) is 0 Å². The van der Waals surface area contributed by atoms with Crippen LogP contribution in [-0.2, 0) is 0 Å². The summed E-state index contributed by atoms with van der Waals surface area (Å²) in [6.07, 6.45) is 9.65. The maximum Gasteiger partial charge on any atom is 0.0325 e. The van der Waals surface area contributed by atoms with Crippen molar-refractivity contribution in [1.29, 1.82) is 0 Å². The summed E-state index contributed by atoms with van der Waals surface area (Å²) >= 11 is 7.11. The first-order chi connectivity index (χ1) is 5.66. The molecule has 0 radical (unpaired) electrons. The number of alkyl halides is 2. The summed E-state index contributed by atoms with van der Waals surface area (Å²) in [4.78, 5) is 1.05. The first-order valence-corrected chi connectivity index (χ1v) is 6.46. The van der Waals surface area contributed by atoms with Crippen molar-refractivity contribution in [3.05, 3.63) is 12.2 Å². The van der Waals surface area contributed by atoms with Crippen molar-refractivity contribution in [2.45, 2.75) is 49.2 Å². The molecule has 0 aliphatic rings. The predicted octanol–water partition coefficient (Wildman–Crippen LogP) is 4.67. The molecule has 0 aliphatic heterocycles. The molecule has 0 aromatic carbocycles. The topological polar surface area (TPSA) is 0 Å². The molecule has 2 unspecified atom stereocenters. The Kier molecular flexibility index (Phi) is 8.79. The van der Waals surface area contributed by atoms with E-state index in [2.05, 4.69) is 57.9 Å². The molecule has 0 bridgehead atoms. The van der Waals surface area contributed by atoms with Gasteiger partial charge < -0.3 is 0 Å². The van der Waals surface area contributed by atoms with Gasteiger partial charge in [-0.1, -0.05) is 70.2 Å². The Morgan fingerprint density at radius 3 is 2.33 bits per heavy atom. The van der Waals surface area contributed by atoms with Crippen LogP contribution in [0.25, 0.3) is 0 Å². The van der Waals surface area contributed by atoms with Gasteiger partial charge in [0, 0.05) is 9.65 Å². The van der Waals surface area contributed by atoms with Crippen LogP contribution in [0, 0.1) is 0 Å². The van der Waals surface area contributed by atoms with Crippen molar-refractivity contribution >= 4 is 31.9 Å². The van der Waals surface area contributed by atoms with Gasteiger partial charge in [0.1, 0.15) is 0 Å². The standard InChI is InChI=1S/C10H18Br2/c1-3-4-5-6-10(12)8-7-9(2)11/h7-10H,3-6H2,1-2H3. The Morgan fingerprint density at radius 2 is 1.83 bits per heavy atom. The third-order valence-corrected chi connectivity index (χ3v) is 2.74. The van der Waals surface area contributed by atoms with Crippen LogP contribution in [0.15, 0.2) is 12.2 Å². The summed E-state index contributed by atoms with van der Waals surface area (Å²) in [5, 5.41) is 0. The van der Waals surface area contributed by atoms with Crippen LogP contribution >= 0.6 is 31.9 Å². The Hall–Kier alpha value is 0.700. The van der Waals surface area contributed by atoms with Gasteiger partial charge in [-0.05, 0) is 13.3 Å². The van der Waals surface area contributed by atoms with Crippen LogP contribution in [0.1, 0.15) is 39.5 Å². The van der Waals surface area contributed by atoms with Crippen molar-refractivity contribution in [3.8, 4) is 0 Å². The van der Waals surface area contributed by atoms with Crippen molar-refractivity contribution in [1.82, 2.24) is 0 Å². The smallest absolute Gasteiger partial charge is 0.0325 e. The van der Waals surface area contributed by atoms with E-state index in [1.165, 1.54) is 25.7 Å². The maximum absolute atomic E-state index is 3.63. The van der Waals surface area contributed by atoms with E-state index in [1.807, 2.05) is 0 Å². The molecule has 0 aromatic rings. The van der Waals surface area contributed by atoms with Crippen molar-refractivity contribution in [3.63, 3.8) is 0 Å². The molecule has 0 aliphatic carbocycles. The molecular weight excluding hydrogens is 280 g/mol. The molecule has 0 aromatic heterocycles. The minimum Gasteiger partial charge on any atom is -0.0848 e. The van der Waals surface area contributed by atoms with Gasteiger partial charge in [-0.25, -0.2) is 0 Å². The Labute approximate surface area is 93.1 Å². The van der Waals surface area contributed by atoms with Crippen LogP contribution in [-0.4, -0.2) is 9.65 Å². The number of unbranched alkanes of at least 4 members (excludes halogenated alkanes) is 2. The first-order valence-electron chi connectivity index (χ1n) is 4.63. The molecule has 0 N–H and O–H groups in total. The second-order valence-corrected chi connectivity index (χ2v) is 5.69. The number of hydrogen-bond acceptors (Lipinski definition) is 0. The molecule has 0 saturated heterocycles. The van der Waals surface area contributed by atoms with Gasteiger partial charge in [-0.15, -0.1) is 0 Å². The van der Waals surface area contributed by atoms with Gasteiger partial charge in [0.2, 0.25) is 0 Å². The second kappa shape index (κ2) is 8.31. The summed E-state index contributed by atoms with van der Waals surface area (Å²) in [5.41, 5.74) is 0. The first kappa shape index (κ1) is 12.7. The molecule has 0 fully saturated rings. The van der Waals surface area contributed by atoms with E-state index in [0.717, 1.165) is 0 Å². The lowest BCUT2D eigenvalue weighted by Crippen LogP contribution is -1.93. The van der Waals surface area contributed by atoms with E-state index in [0.29, 0.717) is 9.65 Å². The quantitative estimate of drug-likeness (QED) is 0.380. The molecule has 72 valence electrons. The average Bonchev–Trinajstić information content (AvgIpc) is 2.01. The molecule has 0 amide bonds. The Bertz CT molecular complexity index is 119. The van der Waals surface area contributed by atoms with Crippen LogP contribution in [0.4, 0.5) is 0 Å². The third-order valence-electron chi connectivity index (χ3n) is 1.67. The van der Waals surface area contributed by atoms with Crippen LogP contribution in [0.3, 0.4) is 0 Å². The summed E-state index contributed by atoms with van der Waals surface area (Å²) in [6, 6.07) is 0. The van der Waals surface area contributed by atoms with Crippen LogP contribution < -0.4 is 0 Å². The zero-order valence-corrected chi connectivity index (χ0v) is 11.1. The minimum atomic E-state index is 0.490. The number of halogens is 2. The van der Waals surface area contributed by atoms with Crippen LogP contribution in [0.5, 0.6) is 0 Å². The minimum absolute atomic E-state index is 0.490. The molecule has 2 heteroatoms. The van der Waals surface area contributed by atoms with Gasteiger partial charge >= 0.3 is 0 Å². The lowest BCUT2D eigenvalue weighted by molar-refractivity contribution is 0.683. The van der Waals surface area contributed by atoms with E-state index in [-0.39, 0.29) is 0 Å². The predicted molar refractivity (Wildman–Crippen MR) is 64.4 cm³/mol. The summed E-state index contributed by atoms with van der Waals surface area (Å²) < 4.78 is 0. The zero-order chi connectivity index (χ0) is 9.40. The third kappa shape index (κ3) is 8.79. The number of hydrogen-bond donors (Lipinski definition) is 0. The molecule has 0 rings (SSSR count). The van der Waals surface area contributed by atoms with E-state index < -0.39 is 0 Å². The fourth-order valence-corrected chi connectivity index (χ4v) is 1.64. The normalized spacial score (nSPS) is 16.7. The van der Waals surface area contributed by atoms with E-state index in [4.69, 9.17) is 0 Å². The fraction of sp³-hybridized carbons (Fsp3) is 0.800. The highest BCUT2D eigenvalue weighted by Crippen LogP contribution is 2.13. The fourth-order valence-electron chi connectivity index (χ4n) is 0.959. The second-order valence-electron chi connectivity index (χ2n) is 3.07. The molecule has 0 nitrogen and oxygen atoms in total. The van der Waals surface area contributed by atoms with Crippen molar-refractivity contribution in [2.75, 3.05) is 0 Å². The SMILES string of the molecule is CCCCCC(Br)C=CC(C)Br. The van der Waals surface area contributed by atoms with E-state index in [1.54, 1.807) is 0 Å². The van der Waals surface area contributed by atoms with Crippen LogP contribution in [0.2, 0.25) is 0 Å². The van der Waals surface area contributed by atoms with Gasteiger partial charge in [-0.2, -0.15) is 0 Å².